The highest BCUT2D eigenvalue weighted by molar-refractivity contribution is 9.09. The van der Waals surface area contributed by atoms with Crippen LogP contribution in [0.5, 0.6) is 0 Å². The fourth-order valence-corrected chi connectivity index (χ4v) is 3.58. The van der Waals surface area contributed by atoms with Crippen LogP contribution in [0, 0.1) is 11.3 Å². The largest absolute Gasteiger partial charge is 0.306 e. The van der Waals surface area contributed by atoms with Crippen molar-refractivity contribution in [2.75, 3.05) is 25.5 Å². The van der Waals surface area contributed by atoms with Crippen LogP contribution in [-0.4, -0.2) is 30.4 Å². The first kappa shape index (κ1) is 10.9. The first-order valence-corrected chi connectivity index (χ1v) is 7.11. The lowest BCUT2D eigenvalue weighted by atomic mass is 9.88. The molecule has 2 heteroatoms. The number of nitrogens with zero attached hydrogens (tertiary/aromatic N) is 1. The Bertz CT molecular complexity index is 183. The average molecular weight is 260 g/mol. The van der Waals surface area contributed by atoms with Crippen LogP contribution in [0.2, 0.25) is 0 Å². The third kappa shape index (κ3) is 2.73. The van der Waals surface area contributed by atoms with Gasteiger partial charge in [-0.3, -0.25) is 0 Å². The molecule has 2 aliphatic rings. The minimum absolute atomic E-state index is 0.615. The first-order valence-electron chi connectivity index (χ1n) is 5.99. The third-order valence-electron chi connectivity index (χ3n) is 3.82. The molecule has 0 atom stereocenters. The van der Waals surface area contributed by atoms with E-state index in [4.69, 9.17) is 0 Å². The molecule has 0 unspecified atom stereocenters. The molecule has 1 nitrogen and oxygen atoms in total. The van der Waals surface area contributed by atoms with Gasteiger partial charge in [0.2, 0.25) is 0 Å². The fourth-order valence-electron chi connectivity index (χ4n) is 2.84. The molecule has 0 heterocycles. The van der Waals surface area contributed by atoms with E-state index in [0.717, 1.165) is 5.92 Å². The standard InChI is InChI=1S/C12H22BrN/c1-14(8-11-4-5-11)10-12(9-13)6-2-3-7-12/h11H,2-10H2,1H3. The van der Waals surface area contributed by atoms with Crippen LogP contribution in [0.15, 0.2) is 0 Å². The lowest BCUT2D eigenvalue weighted by Crippen LogP contribution is -2.36. The zero-order valence-corrected chi connectivity index (χ0v) is 10.9. The number of halogens is 1. The van der Waals surface area contributed by atoms with E-state index in [9.17, 15) is 0 Å². The fraction of sp³-hybridized carbons (Fsp3) is 1.00. The van der Waals surface area contributed by atoms with E-state index >= 15 is 0 Å². The minimum atomic E-state index is 0.615. The summed E-state index contributed by atoms with van der Waals surface area (Å²) in [6.45, 7) is 2.66. The molecule has 2 rings (SSSR count). The van der Waals surface area contributed by atoms with E-state index in [0.29, 0.717) is 5.41 Å². The highest BCUT2D eigenvalue weighted by Crippen LogP contribution is 2.40. The van der Waals surface area contributed by atoms with Crippen LogP contribution in [-0.2, 0) is 0 Å². The van der Waals surface area contributed by atoms with Gasteiger partial charge < -0.3 is 4.90 Å². The Kier molecular flexibility index (Phi) is 3.54. The van der Waals surface area contributed by atoms with Crippen molar-refractivity contribution in [3.63, 3.8) is 0 Å². The lowest BCUT2D eigenvalue weighted by Gasteiger charge is -2.32. The Morgan fingerprint density at radius 1 is 1.29 bits per heavy atom. The van der Waals surface area contributed by atoms with Crippen molar-refractivity contribution in [3.05, 3.63) is 0 Å². The molecule has 0 saturated heterocycles. The summed E-state index contributed by atoms with van der Waals surface area (Å²) in [6.07, 6.45) is 8.73. The summed E-state index contributed by atoms with van der Waals surface area (Å²) in [5.74, 6) is 1.04. The van der Waals surface area contributed by atoms with E-state index in [1.54, 1.807) is 0 Å². The molecule has 0 spiro atoms. The number of hydrogen-bond acceptors (Lipinski definition) is 1. The zero-order valence-electron chi connectivity index (χ0n) is 9.27. The van der Waals surface area contributed by atoms with Crippen molar-refractivity contribution in [1.29, 1.82) is 0 Å². The van der Waals surface area contributed by atoms with Gasteiger partial charge in [0.1, 0.15) is 0 Å². The molecule has 0 aromatic rings. The van der Waals surface area contributed by atoms with Gasteiger partial charge in [-0.05, 0) is 44.1 Å². The number of alkyl halides is 1. The molecule has 0 bridgehead atoms. The Labute approximate surface area is 96.4 Å². The minimum Gasteiger partial charge on any atom is -0.306 e. The molecular formula is C12H22BrN. The van der Waals surface area contributed by atoms with Crippen LogP contribution in [0.25, 0.3) is 0 Å². The van der Waals surface area contributed by atoms with Crippen molar-refractivity contribution >= 4 is 15.9 Å². The Hall–Kier alpha value is 0.440. The summed E-state index contributed by atoms with van der Waals surface area (Å²) in [4.78, 5) is 2.57. The Balaban J connectivity index is 1.79. The normalized spacial score (nSPS) is 25.9. The van der Waals surface area contributed by atoms with Gasteiger partial charge in [0.15, 0.2) is 0 Å². The van der Waals surface area contributed by atoms with Crippen LogP contribution in [0.1, 0.15) is 38.5 Å². The summed E-state index contributed by atoms with van der Waals surface area (Å²) < 4.78 is 0. The van der Waals surface area contributed by atoms with Crippen LogP contribution >= 0.6 is 15.9 Å². The van der Waals surface area contributed by atoms with Crippen molar-refractivity contribution in [3.8, 4) is 0 Å². The van der Waals surface area contributed by atoms with Gasteiger partial charge in [0, 0.05) is 18.4 Å². The molecule has 0 N–H and O–H groups in total. The van der Waals surface area contributed by atoms with E-state index in [2.05, 4.69) is 27.9 Å². The second-order valence-corrected chi connectivity index (χ2v) is 6.04. The van der Waals surface area contributed by atoms with Gasteiger partial charge in [-0.1, -0.05) is 28.8 Å². The van der Waals surface area contributed by atoms with Gasteiger partial charge in [0.05, 0.1) is 0 Å². The summed E-state index contributed by atoms with van der Waals surface area (Å²) >= 11 is 3.72. The van der Waals surface area contributed by atoms with E-state index in [1.165, 1.54) is 56.9 Å². The number of hydrogen-bond donors (Lipinski definition) is 0. The monoisotopic (exact) mass is 259 g/mol. The van der Waals surface area contributed by atoms with E-state index in [1.807, 2.05) is 0 Å². The third-order valence-corrected chi connectivity index (χ3v) is 5.01. The predicted octanol–water partition coefficient (Wildman–Crippen LogP) is 3.28. The maximum absolute atomic E-state index is 3.72. The van der Waals surface area contributed by atoms with Gasteiger partial charge in [-0.25, -0.2) is 0 Å². The van der Waals surface area contributed by atoms with Crippen LogP contribution in [0.4, 0.5) is 0 Å². The maximum Gasteiger partial charge on any atom is 0.0100 e. The SMILES string of the molecule is CN(CC1CC1)CC1(CBr)CCCC1. The van der Waals surface area contributed by atoms with Gasteiger partial charge in [-0.2, -0.15) is 0 Å². The van der Waals surface area contributed by atoms with Crippen molar-refractivity contribution in [2.24, 2.45) is 11.3 Å². The van der Waals surface area contributed by atoms with Crippen LogP contribution in [0.3, 0.4) is 0 Å². The quantitative estimate of drug-likeness (QED) is 0.686. The highest BCUT2D eigenvalue weighted by atomic mass is 79.9. The summed E-state index contributed by atoms with van der Waals surface area (Å²) in [7, 11) is 2.31. The van der Waals surface area contributed by atoms with E-state index in [-0.39, 0.29) is 0 Å². The molecule has 14 heavy (non-hydrogen) atoms. The second-order valence-electron chi connectivity index (χ2n) is 5.48. The Morgan fingerprint density at radius 3 is 2.43 bits per heavy atom. The lowest BCUT2D eigenvalue weighted by molar-refractivity contribution is 0.197. The van der Waals surface area contributed by atoms with E-state index < -0.39 is 0 Å². The Morgan fingerprint density at radius 2 is 1.93 bits per heavy atom. The topological polar surface area (TPSA) is 3.24 Å². The van der Waals surface area contributed by atoms with Crippen LogP contribution < -0.4 is 0 Å². The zero-order chi connectivity index (χ0) is 10.0. The molecule has 0 aromatic carbocycles. The van der Waals surface area contributed by atoms with Gasteiger partial charge in [-0.15, -0.1) is 0 Å². The van der Waals surface area contributed by atoms with Gasteiger partial charge in [0.25, 0.3) is 0 Å². The second kappa shape index (κ2) is 4.52. The molecule has 0 aliphatic heterocycles. The molecular weight excluding hydrogens is 238 g/mol. The van der Waals surface area contributed by atoms with Crippen molar-refractivity contribution in [2.45, 2.75) is 38.5 Å². The molecule has 0 radical (unpaired) electrons. The summed E-state index contributed by atoms with van der Waals surface area (Å²) in [6, 6.07) is 0. The summed E-state index contributed by atoms with van der Waals surface area (Å²) in [5, 5.41) is 1.20. The van der Waals surface area contributed by atoms with Gasteiger partial charge >= 0.3 is 0 Å². The average Bonchev–Trinajstić information content (AvgIpc) is 2.83. The van der Waals surface area contributed by atoms with Crippen molar-refractivity contribution < 1.29 is 0 Å². The first-order chi connectivity index (χ1) is 6.74. The molecule has 0 amide bonds. The van der Waals surface area contributed by atoms with Crippen molar-refractivity contribution in [1.82, 2.24) is 4.90 Å². The smallest absolute Gasteiger partial charge is 0.0100 e. The molecule has 82 valence electrons. The molecule has 2 fully saturated rings. The molecule has 2 aliphatic carbocycles. The molecule has 2 saturated carbocycles. The number of rotatable bonds is 5. The predicted molar refractivity (Wildman–Crippen MR) is 64.9 cm³/mol. The summed E-state index contributed by atoms with van der Waals surface area (Å²) in [5.41, 5.74) is 0.615. The maximum atomic E-state index is 3.72. The highest BCUT2D eigenvalue weighted by Gasteiger charge is 2.34. The molecule has 0 aromatic heterocycles.